The van der Waals surface area contributed by atoms with Crippen molar-refractivity contribution in [1.82, 2.24) is 4.98 Å². The number of hydrogen-bond donors (Lipinski definition) is 1. The molecule has 0 radical (unpaired) electrons. The Hall–Kier alpha value is -1.02. The fourth-order valence-electron chi connectivity index (χ4n) is 1.23. The van der Waals surface area contributed by atoms with Crippen molar-refractivity contribution in [2.45, 2.75) is 5.75 Å². The van der Waals surface area contributed by atoms with E-state index in [9.17, 15) is 0 Å². The van der Waals surface area contributed by atoms with E-state index in [0.29, 0.717) is 0 Å². The lowest BCUT2D eigenvalue weighted by Crippen LogP contribution is -1.79. The van der Waals surface area contributed by atoms with Crippen LogP contribution >= 0.6 is 12.6 Å². The number of thiol groups is 1. The molecule has 0 bridgehead atoms. The second kappa shape index (κ2) is 3.15. The Morgan fingerprint density at radius 1 is 1.17 bits per heavy atom. The third kappa shape index (κ3) is 1.30. The van der Waals surface area contributed by atoms with E-state index >= 15 is 0 Å². The van der Waals surface area contributed by atoms with Crippen molar-refractivity contribution in [1.29, 1.82) is 0 Å². The molecule has 1 nitrogen and oxygen atoms in total. The molecule has 0 N–H and O–H groups in total. The molecule has 0 amide bonds. The molecule has 1 aromatic carbocycles. The minimum Gasteiger partial charge on any atom is -0.264 e. The van der Waals surface area contributed by atoms with Crippen LogP contribution in [0, 0.1) is 0 Å². The van der Waals surface area contributed by atoms with Crippen LogP contribution in [0.4, 0.5) is 0 Å². The van der Waals surface area contributed by atoms with Crippen LogP contribution in [0.5, 0.6) is 0 Å². The van der Waals surface area contributed by atoms with E-state index in [1.165, 1.54) is 16.3 Å². The molecule has 0 fully saturated rings. The zero-order valence-electron chi connectivity index (χ0n) is 6.57. The molecule has 0 saturated carbocycles. The zero-order chi connectivity index (χ0) is 8.39. The van der Waals surface area contributed by atoms with Gasteiger partial charge in [0.15, 0.2) is 0 Å². The van der Waals surface area contributed by atoms with Gasteiger partial charge < -0.3 is 0 Å². The fourth-order valence-corrected chi connectivity index (χ4v) is 1.43. The number of pyridine rings is 1. The average molecular weight is 175 g/mol. The van der Waals surface area contributed by atoms with Gasteiger partial charge in [0.1, 0.15) is 0 Å². The summed E-state index contributed by atoms with van der Waals surface area (Å²) < 4.78 is 0. The topological polar surface area (TPSA) is 12.9 Å². The fraction of sp³-hybridized carbons (Fsp3) is 0.100. The van der Waals surface area contributed by atoms with Gasteiger partial charge in [-0.15, -0.1) is 0 Å². The molecule has 2 aromatic rings. The van der Waals surface area contributed by atoms with Crippen LogP contribution in [0.25, 0.3) is 10.8 Å². The van der Waals surface area contributed by atoms with Gasteiger partial charge >= 0.3 is 0 Å². The first-order valence-electron chi connectivity index (χ1n) is 3.83. The van der Waals surface area contributed by atoms with Crippen LogP contribution in [-0.4, -0.2) is 4.98 Å². The van der Waals surface area contributed by atoms with Gasteiger partial charge in [0, 0.05) is 23.5 Å². The summed E-state index contributed by atoms with van der Waals surface area (Å²) in [6, 6.07) is 8.32. The van der Waals surface area contributed by atoms with Gasteiger partial charge in [-0.2, -0.15) is 12.6 Å². The summed E-state index contributed by atoms with van der Waals surface area (Å²) in [5, 5.41) is 2.42. The van der Waals surface area contributed by atoms with Crippen LogP contribution in [0.1, 0.15) is 5.56 Å². The van der Waals surface area contributed by atoms with E-state index in [-0.39, 0.29) is 0 Å². The average Bonchev–Trinajstić information content (AvgIpc) is 2.17. The van der Waals surface area contributed by atoms with E-state index in [2.05, 4.69) is 35.8 Å². The zero-order valence-corrected chi connectivity index (χ0v) is 7.46. The summed E-state index contributed by atoms with van der Waals surface area (Å²) in [6.07, 6.45) is 3.69. The highest BCUT2D eigenvalue weighted by Gasteiger charge is 1.93. The van der Waals surface area contributed by atoms with Crippen molar-refractivity contribution in [2.24, 2.45) is 0 Å². The Balaban J connectivity index is 2.67. The molecule has 1 heterocycles. The third-order valence-corrected chi connectivity index (χ3v) is 2.25. The van der Waals surface area contributed by atoms with Crippen molar-refractivity contribution >= 4 is 23.4 Å². The van der Waals surface area contributed by atoms with Gasteiger partial charge in [0.05, 0.1) is 0 Å². The molecule has 12 heavy (non-hydrogen) atoms. The van der Waals surface area contributed by atoms with Gasteiger partial charge in [0.2, 0.25) is 0 Å². The van der Waals surface area contributed by atoms with Gasteiger partial charge in [-0.3, -0.25) is 4.98 Å². The highest BCUT2D eigenvalue weighted by atomic mass is 32.1. The van der Waals surface area contributed by atoms with E-state index < -0.39 is 0 Å². The maximum atomic E-state index is 4.22. The molecular formula is C10H9NS. The lowest BCUT2D eigenvalue weighted by Gasteiger charge is -1.98. The summed E-state index contributed by atoms with van der Waals surface area (Å²) in [5.74, 6) is 0.783. The van der Waals surface area contributed by atoms with Crippen LogP contribution in [0.3, 0.4) is 0 Å². The van der Waals surface area contributed by atoms with Crippen LogP contribution < -0.4 is 0 Å². The lowest BCUT2D eigenvalue weighted by atomic mass is 10.1. The second-order valence-electron chi connectivity index (χ2n) is 2.72. The third-order valence-electron chi connectivity index (χ3n) is 1.89. The van der Waals surface area contributed by atoms with Crippen molar-refractivity contribution in [3.05, 3.63) is 42.2 Å². The van der Waals surface area contributed by atoms with Gasteiger partial charge in [0.25, 0.3) is 0 Å². The monoisotopic (exact) mass is 175 g/mol. The summed E-state index contributed by atoms with van der Waals surface area (Å²) in [5.41, 5.74) is 1.24. The smallest absolute Gasteiger partial charge is 0.0346 e. The minimum absolute atomic E-state index is 0.783. The molecule has 2 rings (SSSR count). The molecule has 0 unspecified atom stereocenters. The molecule has 60 valence electrons. The summed E-state index contributed by atoms with van der Waals surface area (Å²) in [7, 11) is 0. The molecule has 0 atom stereocenters. The minimum atomic E-state index is 0.783. The van der Waals surface area contributed by atoms with Gasteiger partial charge in [-0.05, 0) is 23.1 Å². The van der Waals surface area contributed by atoms with Crippen LogP contribution in [0.2, 0.25) is 0 Å². The molecule has 2 heteroatoms. The first kappa shape index (κ1) is 7.62. The number of hydrogen-bond acceptors (Lipinski definition) is 2. The van der Waals surface area contributed by atoms with E-state index in [1.807, 2.05) is 18.5 Å². The van der Waals surface area contributed by atoms with Crippen LogP contribution in [-0.2, 0) is 5.75 Å². The Morgan fingerprint density at radius 3 is 2.92 bits per heavy atom. The Bertz CT molecular complexity index is 398. The van der Waals surface area contributed by atoms with E-state index in [0.717, 1.165) is 5.75 Å². The van der Waals surface area contributed by atoms with Crippen molar-refractivity contribution in [3.8, 4) is 0 Å². The number of fused-ring (bicyclic) bond motifs is 1. The summed E-state index contributed by atoms with van der Waals surface area (Å²) >= 11 is 4.22. The highest BCUT2D eigenvalue weighted by Crippen LogP contribution is 2.15. The molecule has 0 saturated heterocycles. The van der Waals surface area contributed by atoms with Gasteiger partial charge in [-0.25, -0.2) is 0 Å². The number of nitrogens with zero attached hydrogens (tertiary/aromatic N) is 1. The maximum Gasteiger partial charge on any atom is 0.0346 e. The molecule has 0 aliphatic rings. The highest BCUT2D eigenvalue weighted by molar-refractivity contribution is 7.79. The molecule has 0 aliphatic heterocycles. The molecule has 1 aromatic heterocycles. The maximum absolute atomic E-state index is 4.22. The lowest BCUT2D eigenvalue weighted by molar-refractivity contribution is 1.35. The quantitative estimate of drug-likeness (QED) is 0.657. The second-order valence-corrected chi connectivity index (χ2v) is 3.03. The molecule has 0 spiro atoms. The number of aromatic nitrogens is 1. The number of rotatable bonds is 1. The Morgan fingerprint density at radius 2 is 2.08 bits per heavy atom. The van der Waals surface area contributed by atoms with E-state index in [4.69, 9.17) is 0 Å². The van der Waals surface area contributed by atoms with Crippen molar-refractivity contribution in [2.75, 3.05) is 0 Å². The predicted octanol–water partition coefficient (Wildman–Crippen LogP) is 2.66. The van der Waals surface area contributed by atoms with Crippen molar-refractivity contribution in [3.63, 3.8) is 0 Å². The standard InChI is InChI=1S/C10H9NS/c12-7-8-1-2-9-3-4-11-6-10(9)5-8/h1-6,12H,7H2. The SMILES string of the molecule is SCc1ccc2ccncc2c1. The Kier molecular flexibility index (Phi) is 2.00. The largest absolute Gasteiger partial charge is 0.264 e. The Labute approximate surface area is 76.9 Å². The number of benzene rings is 1. The molecule has 0 aliphatic carbocycles. The van der Waals surface area contributed by atoms with Gasteiger partial charge in [-0.1, -0.05) is 12.1 Å². The van der Waals surface area contributed by atoms with Crippen LogP contribution in [0.15, 0.2) is 36.7 Å². The first-order chi connectivity index (χ1) is 5.90. The molecular weight excluding hydrogens is 166 g/mol. The normalized spacial score (nSPS) is 10.4. The summed E-state index contributed by atoms with van der Waals surface area (Å²) in [6.45, 7) is 0. The summed E-state index contributed by atoms with van der Waals surface area (Å²) in [4.78, 5) is 4.06. The van der Waals surface area contributed by atoms with Crippen molar-refractivity contribution < 1.29 is 0 Å². The van der Waals surface area contributed by atoms with E-state index in [1.54, 1.807) is 0 Å². The predicted molar refractivity (Wildman–Crippen MR) is 54.4 cm³/mol. The first-order valence-corrected chi connectivity index (χ1v) is 4.47.